The monoisotopic (exact) mass is 129 g/mol. The Balaban J connectivity index is 4.09. The van der Waals surface area contributed by atoms with Crippen LogP contribution in [0.25, 0.3) is 0 Å². The molecule has 0 fully saturated rings. The van der Waals surface area contributed by atoms with Crippen LogP contribution in [0, 0.1) is 0 Å². The van der Waals surface area contributed by atoms with Crippen molar-refractivity contribution in [2.24, 2.45) is 0 Å². The molecule has 9 heavy (non-hydrogen) atoms. The lowest BCUT2D eigenvalue weighted by molar-refractivity contribution is -0.122. The van der Waals surface area contributed by atoms with Crippen LogP contribution in [0.2, 0.25) is 0 Å². The Morgan fingerprint density at radius 1 is 1.67 bits per heavy atom. The van der Waals surface area contributed by atoms with E-state index < -0.39 is 0 Å². The van der Waals surface area contributed by atoms with E-state index in [4.69, 9.17) is 0 Å². The topological polar surface area (TPSA) is 29.1 Å². The van der Waals surface area contributed by atoms with Crippen LogP contribution in [0.3, 0.4) is 0 Å². The van der Waals surface area contributed by atoms with E-state index in [1.807, 2.05) is 20.9 Å². The Morgan fingerprint density at radius 3 is 2.11 bits per heavy atom. The fraction of sp³-hybridized carbons (Fsp3) is 0.857. The molecule has 0 bridgehead atoms. The minimum Gasteiger partial charge on any atom is -0.308 e. The summed E-state index contributed by atoms with van der Waals surface area (Å²) in [7, 11) is 1.81. The van der Waals surface area contributed by atoms with E-state index in [9.17, 15) is 4.79 Å². The first-order valence-electron chi connectivity index (χ1n) is 3.26. The zero-order valence-electron chi connectivity index (χ0n) is 6.62. The van der Waals surface area contributed by atoms with Crippen LogP contribution in [0.1, 0.15) is 27.2 Å². The van der Waals surface area contributed by atoms with E-state index in [0.29, 0.717) is 0 Å². The Labute approximate surface area is 56.6 Å². The first-order valence-corrected chi connectivity index (χ1v) is 3.26. The second-order valence-corrected chi connectivity index (χ2v) is 2.49. The molecule has 0 saturated carbocycles. The second-order valence-electron chi connectivity index (χ2n) is 2.49. The van der Waals surface area contributed by atoms with Gasteiger partial charge in [-0.3, -0.25) is 4.79 Å². The summed E-state index contributed by atoms with van der Waals surface area (Å²) in [5.74, 6) is 0.201. The summed E-state index contributed by atoms with van der Waals surface area (Å²) in [5, 5.41) is 2.98. The van der Waals surface area contributed by atoms with Gasteiger partial charge in [-0.2, -0.15) is 0 Å². The van der Waals surface area contributed by atoms with E-state index in [-0.39, 0.29) is 11.3 Å². The molecule has 54 valence electrons. The maximum Gasteiger partial charge on any atom is 0.149 e. The molecular weight excluding hydrogens is 114 g/mol. The van der Waals surface area contributed by atoms with Gasteiger partial charge >= 0.3 is 0 Å². The average Bonchev–Trinajstić information content (AvgIpc) is 1.86. The highest BCUT2D eigenvalue weighted by Crippen LogP contribution is 2.08. The molecule has 0 saturated heterocycles. The zero-order chi connectivity index (χ0) is 7.49. The molecule has 0 rings (SSSR count). The molecule has 0 aromatic rings. The van der Waals surface area contributed by atoms with Crippen molar-refractivity contribution in [1.29, 1.82) is 0 Å². The van der Waals surface area contributed by atoms with Crippen LogP contribution in [-0.2, 0) is 4.79 Å². The van der Waals surface area contributed by atoms with Crippen molar-refractivity contribution >= 4 is 5.78 Å². The van der Waals surface area contributed by atoms with Gasteiger partial charge in [0.2, 0.25) is 0 Å². The number of carbonyl (C=O) groups excluding carboxylic acids is 1. The molecule has 0 spiro atoms. The highest BCUT2D eigenvalue weighted by atomic mass is 16.1. The Hall–Kier alpha value is -0.370. The van der Waals surface area contributed by atoms with Crippen molar-refractivity contribution < 1.29 is 4.79 Å². The summed E-state index contributed by atoms with van der Waals surface area (Å²) in [6.07, 6.45) is 0.846. The van der Waals surface area contributed by atoms with Crippen molar-refractivity contribution in [2.75, 3.05) is 7.05 Å². The third-order valence-corrected chi connectivity index (χ3v) is 2.04. The fourth-order valence-corrected chi connectivity index (χ4v) is 0.602. The predicted molar refractivity (Wildman–Crippen MR) is 38.4 cm³/mol. The average molecular weight is 129 g/mol. The van der Waals surface area contributed by atoms with Gasteiger partial charge in [0.1, 0.15) is 5.78 Å². The Morgan fingerprint density at radius 2 is 2.11 bits per heavy atom. The molecule has 1 N–H and O–H groups in total. The van der Waals surface area contributed by atoms with Gasteiger partial charge in [0.05, 0.1) is 5.54 Å². The van der Waals surface area contributed by atoms with Gasteiger partial charge < -0.3 is 5.32 Å². The predicted octanol–water partition coefficient (Wildman–Crippen LogP) is 0.964. The van der Waals surface area contributed by atoms with Gasteiger partial charge in [0.15, 0.2) is 0 Å². The van der Waals surface area contributed by atoms with Crippen molar-refractivity contribution in [3.05, 3.63) is 0 Å². The van der Waals surface area contributed by atoms with Crippen LogP contribution >= 0.6 is 0 Å². The normalized spacial score (nSPS) is 16.9. The maximum atomic E-state index is 10.9. The lowest BCUT2D eigenvalue weighted by Crippen LogP contribution is -2.45. The lowest BCUT2D eigenvalue weighted by Gasteiger charge is -2.23. The molecule has 1 atom stereocenters. The number of rotatable bonds is 3. The molecule has 0 heterocycles. The standard InChI is InChI=1S/C7H15NO/c1-5-7(3,8-4)6(2)9/h8H,5H2,1-4H3/t7-/m1/s1. The maximum absolute atomic E-state index is 10.9. The molecule has 0 radical (unpaired) electrons. The lowest BCUT2D eigenvalue weighted by atomic mass is 9.95. The SMILES string of the molecule is CC[C@@](C)(NC)C(C)=O. The largest absolute Gasteiger partial charge is 0.308 e. The van der Waals surface area contributed by atoms with Crippen molar-refractivity contribution in [2.45, 2.75) is 32.7 Å². The number of ketones is 1. The van der Waals surface area contributed by atoms with Crippen LogP contribution in [0.15, 0.2) is 0 Å². The minimum atomic E-state index is -0.306. The quantitative estimate of drug-likeness (QED) is 0.615. The first kappa shape index (κ1) is 8.63. The van der Waals surface area contributed by atoms with Crippen LogP contribution in [0.5, 0.6) is 0 Å². The number of Topliss-reactive ketones (excluding diaryl/α,β-unsaturated/α-hetero) is 1. The van der Waals surface area contributed by atoms with E-state index in [0.717, 1.165) is 6.42 Å². The van der Waals surface area contributed by atoms with Gasteiger partial charge in [-0.05, 0) is 27.3 Å². The summed E-state index contributed by atoms with van der Waals surface area (Å²) in [4.78, 5) is 10.9. The van der Waals surface area contributed by atoms with Gasteiger partial charge in [0.25, 0.3) is 0 Å². The molecule has 0 aromatic heterocycles. The zero-order valence-corrected chi connectivity index (χ0v) is 6.62. The van der Waals surface area contributed by atoms with Crippen molar-refractivity contribution in [1.82, 2.24) is 5.32 Å². The van der Waals surface area contributed by atoms with E-state index >= 15 is 0 Å². The molecular formula is C7H15NO. The summed E-state index contributed by atoms with van der Waals surface area (Å²) < 4.78 is 0. The van der Waals surface area contributed by atoms with E-state index in [1.165, 1.54) is 0 Å². The number of hydrogen-bond acceptors (Lipinski definition) is 2. The van der Waals surface area contributed by atoms with Crippen LogP contribution in [0.4, 0.5) is 0 Å². The Bertz CT molecular complexity index is 105. The number of likely N-dealkylation sites (N-methyl/N-ethyl adjacent to an activating group) is 1. The number of carbonyl (C=O) groups is 1. The first-order chi connectivity index (χ1) is 4.06. The highest BCUT2D eigenvalue weighted by molar-refractivity contribution is 5.85. The van der Waals surface area contributed by atoms with Gasteiger partial charge in [-0.25, -0.2) is 0 Å². The molecule has 2 heteroatoms. The highest BCUT2D eigenvalue weighted by Gasteiger charge is 2.24. The molecule has 0 aliphatic heterocycles. The fourth-order valence-electron chi connectivity index (χ4n) is 0.602. The molecule has 0 unspecified atom stereocenters. The molecule has 0 amide bonds. The van der Waals surface area contributed by atoms with Gasteiger partial charge in [-0.15, -0.1) is 0 Å². The van der Waals surface area contributed by atoms with Crippen LogP contribution in [-0.4, -0.2) is 18.4 Å². The third kappa shape index (κ3) is 1.79. The summed E-state index contributed by atoms with van der Waals surface area (Å²) >= 11 is 0. The number of nitrogens with one attached hydrogen (secondary N) is 1. The van der Waals surface area contributed by atoms with Crippen molar-refractivity contribution in [3.63, 3.8) is 0 Å². The van der Waals surface area contributed by atoms with E-state index in [2.05, 4.69) is 5.32 Å². The minimum absolute atomic E-state index is 0.201. The second kappa shape index (κ2) is 2.97. The van der Waals surface area contributed by atoms with Crippen molar-refractivity contribution in [3.8, 4) is 0 Å². The Kier molecular flexibility index (Phi) is 2.85. The molecule has 0 aliphatic carbocycles. The summed E-state index contributed by atoms with van der Waals surface area (Å²) in [6, 6.07) is 0. The third-order valence-electron chi connectivity index (χ3n) is 2.04. The molecule has 0 aliphatic rings. The molecule has 0 aromatic carbocycles. The smallest absolute Gasteiger partial charge is 0.149 e. The summed E-state index contributed by atoms with van der Waals surface area (Å²) in [5.41, 5.74) is -0.306. The van der Waals surface area contributed by atoms with Gasteiger partial charge in [-0.1, -0.05) is 6.92 Å². The van der Waals surface area contributed by atoms with Gasteiger partial charge in [0, 0.05) is 0 Å². The van der Waals surface area contributed by atoms with E-state index in [1.54, 1.807) is 6.92 Å². The number of hydrogen-bond donors (Lipinski definition) is 1. The molecule has 2 nitrogen and oxygen atoms in total. The summed E-state index contributed by atoms with van der Waals surface area (Å²) in [6.45, 7) is 5.52. The van der Waals surface area contributed by atoms with Crippen LogP contribution < -0.4 is 5.32 Å².